The second-order valence-corrected chi connectivity index (χ2v) is 4.88. The summed E-state index contributed by atoms with van der Waals surface area (Å²) >= 11 is 0. The third-order valence-corrected chi connectivity index (χ3v) is 3.77. The van der Waals surface area contributed by atoms with Gasteiger partial charge in [-0.2, -0.15) is 0 Å². The molecule has 2 rings (SSSR count). The van der Waals surface area contributed by atoms with Gasteiger partial charge in [-0.1, -0.05) is 38.1 Å². The van der Waals surface area contributed by atoms with E-state index in [1.165, 1.54) is 24.1 Å². The van der Waals surface area contributed by atoms with Gasteiger partial charge in [0.15, 0.2) is 0 Å². The molecule has 1 aliphatic rings. The maximum atomic E-state index is 3.45. The normalized spacial score (nSPS) is 20.1. The lowest BCUT2D eigenvalue weighted by Gasteiger charge is -2.26. The van der Waals surface area contributed by atoms with Gasteiger partial charge in [-0.25, -0.2) is 0 Å². The van der Waals surface area contributed by atoms with Crippen molar-refractivity contribution in [3.63, 3.8) is 0 Å². The van der Waals surface area contributed by atoms with Crippen LogP contribution in [0.15, 0.2) is 24.3 Å². The molecular formula is C15H24N2. The van der Waals surface area contributed by atoms with Crippen molar-refractivity contribution >= 4 is 0 Å². The zero-order valence-corrected chi connectivity index (χ0v) is 11.1. The average molecular weight is 232 g/mol. The molecule has 0 bridgehead atoms. The Hall–Kier alpha value is -0.860. The number of nitrogens with zero attached hydrogens (tertiary/aromatic N) is 1. The van der Waals surface area contributed by atoms with Crippen molar-refractivity contribution in [3.05, 3.63) is 35.4 Å². The summed E-state index contributed by atoms with van der Waals surface area (Å²) in [6.45, 7) is 9.03. The van der Waals surface area contributed by atoms with Gasteiger partial charge in [0.25, 0.3) is 0 Å². The molecule has 1 unspecified atom stereocenters. The van der Waals surface area contributed by atoms with Crippen LogP contribution in [0.25, 0.3) is 0 Å². The van der Waals surface area contributed by atoms with Crippen LogP contribution < -0.4 is 5.32 Å². The number of hydrogen-bond donors (Lipinski definition) is 1. The first-order chi connectivity index (χ1) is 8.33. The molecule has 1 N–H and O–H groups in total. The fraction of sp³-hybridized carbons (Fsp3) is 0.600. The first-order valence-corrected chi connectivity index (χ1v) is 6.86. The van der Waals surface area contributed by atoms with Gasteiger partial charge < -0.3 is 5.32 Å². The number of benzene rings is 1. The van der Waals surface area contributed by atoms with E-state index < -0.39 is 0 Å². The summed E-state index contributed by atoms with van der Waals surface area (Å²) in [6, 6.07) is 9.81. The Morgan fingerprint density at radius 2 is 1.88 bits per heavy atom. The highest BCUT2D eigenvalue weighted by molar-refractivity contribution is 5.22. The monoisotopic (exact) mass is 232 g/mol. The van der Waals surface area contributed by atoms with E-state index in [1.54, 1.807) is 0 Å². The lowest BCUT2D eigenvalue weighted by atomic mass is 10.1. The molecule has 0 amide bonds. The standard InChI is InChI=1S/C15H24N2/c1-3-13-5-7-14(8-6-13)12-17(4-2)15-9-10-16-11-15/h5-8,15-16H,3-4,9-12H2,1-2H3. The molecule has 1 aliphatic heterocycles. The zero-order valence-electron chi connectivity index (χ0n) is 11.1. The van der Waals surface area contributed by atoms with E-state index in [0.29, 0.717) is 0 Å². The third-order valence-electron chi connectivity index (χ3n) is 3.77. The Kier molecular flexibility index (Phi) is 4.57. The summed E-state index contributed by atoms with van der Waals surface area (Å²) < 4.78 is 0. The summed E-state index contributed by atoms with van der Waals surface area (Å²) in [5, 5.41) is 3.45. The van der Waals surface area contributed by atoms with E-state index in [0.717, 1.165) is 32.1 Å². The van der Waals surface area contributed by atoms with Gasteiger partial charge in [0.1, 0.15) is 0 Å². The summed E-state index contributed by atoms with van der Waals surface area (Å²) in [4.78, 5) is 2.58. The van der Waals surface area contributed by atoms with E-state index >= 15 is 0 Å². The number of aryl methyl sites for hydroxylation is 1. The van der Waals surface area contributed by atoms with Crippen LogP contribution in [0.4, 0.5) is 0 Å². The topological polar surface area (TPSA) is 15.3 Å². The Balaban J connectivity index is 1.96. The molecule has 1 fully saturated rings. The van der Waals surface area contributed by atoms with Gasteiger partial charge >= 0.3 is 0 Å². The summed E-state index contributed by atoms with van der Waals surface area (Å²) in [6.07, 6.45) is 2.42. The first kappa shape index (κ1) is 12.6. The second kappa shape index (κ2) is 6.18. The molecule has 0 radical (unpaired) electrons. The molecule has 0 saturated carbocycles. The molecule has 0 aliphatic carbocycles. The van der Waals surface area contributed by atoms with E-state index in [2.05, 4.69) is 48.3 Å². The molecule has 1 atom stereocenters. The van der Waals surface area contributed by atoms with Crippen molar-refractivity contribution < 1.29 is 0 Å². The Labute approximate surface area is 105 Å². The van der Waals surface area contributed by atoms with E-state index in [-0.39, 0.29) is 0 Å². The minimum Gasteiger partial charge on any atom is -0.315 e. The highest BCUT2D eigenvalue weighted by Crippen LogP contribution is 2.14. The van der Waals surface area contributed by atoms with Crippen molar-refractivity contribution in [1.82, 2.24) is 10.2 Å². The smallest absolute Gasteiger partial charge is 0.0237 e. The first-order valence-electron chi connectivity index (χ1n) is 6.86. The molecule has 17 heavy (non-hydrogen) atoms. The Morgan fingerprint density at radius 3 is 2.41 bits per heavy atom. The van der Waals surface area contributed by atoms with Gasteiger partial charge in [0.2, 0.25) is 0 Å². The molecule has 2 heteroatoms. The molecule has 2 nitrogen and oxygen atoms in total. The molecule has 1 heterocycles. The number of rotatable bonds is 5. The maximum absolute atomic E-state index is 3.45. The fourth-order valence-corrected chi connectivity index (χ4v) is 2.57. The summed E-state index contributed by atoms with van der Waals surface area (Å²) in [7, 11) is 0. The molecule has 1 saturated heterocycles. The second-order valence-electron chi connectivity index (χ2n) is 4.88. The molecule has 1 aromatic rings. The van der Waals surface area contributed by atoms with E-state index in [4.69, 9.17) is 0 Å². The van der Waals surface area contributed by atoms with E-state index in [1.807, 2.05) is 0 Å². The molecule has 1 aromatic carbocycles. The van der Waals surface area contributed by atoms with Crippen LogP contribution >= 0.6 is 0 Å². The molecule has 94 valence electrons. The number of hydrogen-bond acceptors (Lipinski definition) is 2. The third kappa shape index (κ3) is 3.30. The minimum atomic E-state index is 0.728. The molecular weight excluding hydrogens is 208 g/mol. The van der Waals surface area contributed by atoms with Crippen molar-refractivity contribution in [3.8, 4) is 0 Å². The highest BCUT2D eigenvalue weighted by atomic mass is 15.2. The van der Waals surface area contributed by atoms with Gasteiger partial charge in [-0.15, -0.1) is 0 Å². The minimum absolute atomic E-state index is 0.728. The lowest BCUT2D eigenvalue weighted by Crippen LogP contribution is -2.36. The van der Waals surface area contributed by atoms with Crippen LogP contribution in [-0.4, -0.2) is 30.6 Å². The Morgan fingerprint density at radius 1 is 1.18 bits per heavy atom. The predicted octanol–water partition coefficient (Wildman–Crippen LogP) is 2.43. The van der Waals surface area contributed by atoms with Crippen LogP contribution in [0.5, 0.6) is 0 Å². The average Bonchev–Trinajstić information content (AvgIpc) is 2.90. The van der Waals surface area contributed by atoms with Crippen molar-refractivity contribution in [2.24, 2.45) is 0 Å². The van der Waals surface area contributed by atoms with Gasteiger partial charge in [0, 0.05) is 19.1 Å². The van der Waals surface area contributed by atoms with Crippen LogP contribution in [0.3, 0.4) is 0 Å². The van der Waals surface area contributed by atoms with Gasteiger partial charge in [-0.3, -0.25) is 4.90 Å². The van der Waals surface area contributed by atoms with E-state index in [9.17, 15) is 0 Å². The fourth-order valence-electron chi connectivity index (χ4n) is 2.57. The van der Waals surface area contributed by atoms with Crippen LogP contribution in [-0.2, 0) is 13.0 Å². The lowest BCUT2D eigenvalue weighted by molar-refractivity contribution is 0.210. The maximum Gasteiger partial charge on any atom is 0.0237 e. The predicted molar refractivity (Wildman–Crippen MR) is 73.2 cm³/mol. The largest absolute Gasteiger partial charge is 0.315 e. The van der Waals surface area contributed by atoms with Crippen molar-refractivity contribution in [1.29, 1.82) is 0 Å². The zero-order chi connectivity index (χ0) is 12.1. The van der Waals surface area contributed by atoms with Gasteiger partial charge in [0.05, 0.1) is 0 Å². The quantitative estimate of drug-likeness (QED) is 0.839. The number of likely N-dealkylation sites (N-methyl/N-ethyl adjacent to an activating group) is 1. The van der Waals surface area contributed by atoms with Crippen molar-refractivity contribution in [2.75, 3.05) is 19.6 Å². The van der Waals surface area contributed by atoms with Crippen LogP contribution in [0.1, 0.15) is 31.4 Å². The van der Waals surface area contributed by atoms with Crippen LogP contribution in [0.2, 0.25) is 0 Å². The van der Waals surface area contributed by atoms with Crippen molar-refractivity contribution in [2.45, 2.75) is 39.3 Å². The highest BCUT2D eigenvalue weighted by Gasteiger charge is 2.20. The summed E-state index contributed by atoms with van der Waals surface area (Å²) in [5.41, 5.74) is 2.87. The Bertz CT molecular complexity index is 325. The SMILES string of the molecule is CCc1ccc(CN(CC)C2CCNC2)cc1. The molecule has 0 spiro atoms. The van der Waals surface area contributed by atoms with Crippen LogP contribution in [0, 0.1) is 0 Å². The number of nitrogens with one attached hydrogen (secondary N) is 1. The summed E-state index contributed by atoms with van der Waals surface area (Å²) in [5.74, 6) is 0. The molecule has 0 aromatic heterocycles. The van der Waals surface area contributed by atoms with Gasteiger partial charge in [-0.05, 0) is 37.1 Å².